The number of non-ortho nitro benzene ring substituents is 1. The molecule has 0 aliphatic rings. The Bertz CT molecular complexity index is 957. The zero-order valence-corrected chi connectivity index (χ0v) is 15.1. The number of nitro groups is 1. The molecule has 0 aliphatic carbocycles. The average Bonchev–Trinajstić information content (AvgIpc) is 2.65. The number of likely N-dealkylation sites (N-methyl/N-ethyl adjacent to an activating group) is 1. The third kappa shape index (κ3) is 4.59. The van der Waals surface area contributed by atoms with Crippen molar-refractivity contribution >= 4 is 17.4 Å². The molecule has 1 amide bonds. The molecule has 154 valence electrons. The van der Waals surface area contributed by atoms with Gasteiger partial charge in [0.25, 0.3) is 5.69 Å². The lowest BCUT2D eigenvalue weighted by atomic mass is 9.82. The fourth-order valence-electron chi connectivity index (χ4n) is 2.79. The third-order valence-electron chi connectivity index (χ3n) is 4.26. The van der Waals surface area contributed by atoms with Crippen molar-refractivity contribution in [2.24, 2.45) is 0 Å². The van der Waals surface area contributed by atoms with E-state index < -0.39 is 52.3 Å². The summed E-state index contributed by atoms with van der Waals surface area (Å²) in [7, 11) is 0.916. The van der Waals surface area contributed by atoms with E-state index in [1.807, 2.05) is 0 Å². The van der Waals surface area contributed by atoms with Gasteiger partial charge in [0, 0.05) is 37.6 Å². The van der Waals surface area contributed by atoms with Gasteiger partial charge in [-0.3, -0.25) is 24.9 Å². The SMILES string of the molecule is CN(O)C(=O)C(=O)C[C@](O)(Cc1ccc([N+](=O)[O-])cc1)c1ccc(O)c(O)c1O. The first kappa shape index (κ1) is 21.6. The van der Waals surface area contributed by atoms with Crippen LogP contribution in [0.5, 0.6) is 17.2 Å². The summed E-state index contributed by atoms with van der Waals surface area (Å²) in [6.07, 6.45) is -1.29. The molecule has 0 saturated heterocycles. The topological polar surface area (TPSA) is 182 Å². The number of hydrogen-bond donors (Lipinski definition) is 5. The number of phenols is 3. The Morgan fingerprint density at radius 1 is 1.07 bits per heavy atom. The maximum atomic E-state index is 12.2. The van der Waals surface area contributed by atoms with Crippen LogP contribution in [-0.2, 0) is 21.6 Å². The second kappa shape index (κ2) is 8.12. The second-order valence-corrected chi connectivity index (χ2v) is 6.39. The van der Waals surface area contributed by atoms with Crippen molar-refractivity contribution in [1.29, 1.82) is 0 Å². The number of hydroxylamine groups is 2. The molecular formula is C18H18N2O9. The van der Waals surface area contributed by atoms with Crippen molar-refractivity contribution in [3.63, 3.8) is 0 Å². The van der Waals surface area contributed by atoms with Gasteiger partial charge in [-0.2, -0.15) is 0 Å². The molecule has 0 heterocycles. The Morgan fingerprint density at radius 3 is 2.17 bits per heavy atom. The molecule has 0 aromatic heterocycles. The number of Topliss-reactive ketones (excluding diaryl/α,β-unsaturated/α-hetero) is 1. The minimum absolute atomic E-state index is 0.0305. The second-order valence-electron chi connectivity index (χ2n) is 6.39. The number of nitrogens with zero attached hydrogens (tertiary/aromatic N) is 2. The quantitative estimate of drug-likeness (QED) is 0.147. The fraction of sp³-hybridized carbons (Fsp3) is 0.222. The molecule has 11 heteroatoms. The number of amides is 1. The standard InChI is InChI=1S/C18H18N2O9/c1-19(27)17(25)14(22)9-18(26,12-6-7-13(21)16(24)15(12)23)8-10-2-4-11(5-3-10)20(28)29/h2-7,21,23-24,26-27H,8-9H2,1H3/t18-/m1/s1. The molecule has 1 atom stereocenters. The molecule has 0 unspecified atom stereocenters. The van der Waals surface area contributed by atoms with Crippen LogP contribution in [0.2, 0.25) is 0 Å². The van der Waals surface area contributed by atoms with E-state index in [9.17, 15) is 40.1 Å². The molecule has 11 nitrogen and oxygen atoms in total. The molecule has 0 fully saturated rings. The maximum absolute atomic E-state index is 12.2. The van der Waals surface area contributed by atoms with Crippen LogP contribution in [0.3, 0.4) is 0 Å². The predicted molar refractivity (Wildman–Crippen MR) is 96.3 cm³/mol. The minimum Gasteiger partial charge on any atom is -0.504 e. The van der Waals surface area contributed by atoms with Crippen LogP contribution in [0.15, 0.2) is 36.4 Å². The highest BCUT2D eigenvalue weighted by Crippen LogP contribution is 2.44. The maximum Gasteiger partial charge on any atom is 0.313 e. The van der Waals surface area contributed by atoms with Crippen molar-refractivity contribution in [3.05, 3.63) is 57.6 Å². The normalized spacial score (nSPS) is 12.8. The predicted octanol–water partition coefficient (Wildman–Crippen LogP) is 0.949. The van der Waals surface area contributed by atoms with Crippen LogP contribution in [-0.4, -0.2) is 54.4 Å². The molecule has 2 aromatic rings. The number of aliphatic hydroxyl groups is 1. The largest absolute Gasteiger partial charge is 0.504 e. The summed E-state index contributed by atoms with van der Waals surface area (Å²) in [5, 5.41) is 60.5. The molecule has 2 rings (SSSR count). The van der Waals surface area contributed by atoms with Crippen molar-refractivity contribution < 1.29 is 40.1 Å². The third-order valence-corrected chi connectivity index (χ3v) is 4.26. The van der Waals surface area contributed by atoms with Gasteiger partial charge in [-0.25, -0.2) is 5.06 Å². The zero-order chi connectivity index (χ0) is 21.9. The smallest absolute Gasteiger partial charge is 0.313 e. The molecular weight excluding hydrogens is 388 g/mol. The van der Waals surface area contributed by atoms with E-state index >= 15 is 0 Å². The molecule has 0 saturated carbocycles. The van der Waals surface area contributed by atoms with Crippen LogP contribution in [0, 0.1) is 10.1 Å². The van der Waals surface area contributed by atoms with E-state index in [1.54, 1.807) is 0 Å². The summed E-state index contributed by atoms with van der Waals surface area (Å²) in [6, 6.07) is 6.97. The van der Waals surface area contributed by atoms with Crippen molar-refractivity contribution in [3.8, 4) is 17.2 Å². The fourth-order valence-corrected chi connectivity index (χ4v) is 2.79. The van der Waals surface area contributed by atoms with E-state index in [4.69, 9.17) is 5.21 Å². The molecule has 2 aromatic carbocycles. The van der Waals surface area contributed by atoms with E-state index in [-0.39, 0.29) is 16.3 Å². The highest BCUT2D eigenvalue weighted by Gasteiger charge is 2.38. The number of rotatable bonds is 7. The summed E-state index contributed by atoms with van der Waals surface area (Å²) in [4.78, 5) is 34.0. The molecule has 0 aliphatic heterocycles. The molecule has 29 heavy (non-hydrogen) atoms. The molecule has 0 bridgehead atoms. The van der Waals surface area contributed by atoms with Crippen molar-refractivity contribution in [2.45, 2.75) is 18.4 Å². The summed E-state index contributed by atoms with van der Waals surface area (Å²) in [6.45, 7) is 0. The molecule has 0 radical (unpaired) electrons. The Balaban J connectivity index is 2.50. The van der Waals surface area contributed by atoms with Gasteiger partial charge < -0.3 is 20.4 Å². The van der Waals surface area contributed by atoms with Gasteiger partial charge in [0.15, 0.2) is 11.5 Å². The van der Waals surface area contributed by atoms with E-state index in [0.717, 1.165) is 19.2 Å². The van der Waals surface area contributed by atoms with E-state index in [0.29, 0.717) is 5.56 Å². The Kier molecular flexibility index (Phi) is 6.05. The summed E-state index contributed by atoms with van der Waals surface area (Å²) in [5.41, 5.74) is -2.53. The highest BCUT2D eigenvalue weighted by molar-refractivity contribution is 6.35. The monoisotopic (exact) mass is 406 g/mol. The van der Waals surface area contributed by atoms with Crippen molar-refractivity contribution in [2.75, 3.05) is 7.05 Å². The number of hydrogen-bond acceptors (Lipinski definition) is 9. The van der Waals surface area contributed by atoms with Crippen LogP contribution >= 0.6 is 0 Å². The number of phenolic OH excluding ortho intramolecular Hbond substituents is 3. The average molecular weight is 406 g/mol. The molecule has 5 N–H and O–H groups in total. The lowest BCUT2D eigenvalue weighted by Gasteiger charge is -2.29. The van der Waals surface area contributed by atoms with Gasteiger partial charge in [-0.1, -0.05) is 12.1 Å². The van der Waals surface area contributed by atoms with Crippen LogP contribution in [0.25, 0.3) is 0 Å². The molecule has 0 spiro atoms. The first-order valence-corrected chi connectivity index (χ1v) is 8.16. The number of aromatic hydroxyl groups is 3. The lowest BCUT2D eigenvalue weighted by Crippen LogP contribution is -2.38. The van der Waals surface area contributed by atoms with Gasteiger partial charge in [0.2, 0.25) is 11.5 Å². The highest BCUT2D eigenvalue weighted by atomic mass is 16.6. The van der Waals surface area contributed by atoms with E-state index in [2.05, 4.69) is 0 Å². The van der Waals surface area contributed by atoms with Gasteiger partial charge in [0.05, 0.1) is 4.92 Å². The minimum atomic E-state index is -2.26. The van der Waals surface area contributed by atoms with Crippen LogP contribution < -0.4 is 0 Å². The lowest BCUT2D eigenvalue weighted by molar-refractivity contribution is -0.384. The van der Waals surface area contributed by atoms with Crippen molar-refractivity contribution in [1.82, 2.24) is 5.06 Å². The zero-order valence-electron chi connectivity index (χ0n) is 15.1. The summed E-state index contributed by atoms with van der Waals surface area (Å²) in [5.74, 6) is -5.06. The number of ketones is 1. The van der Waals surface area contributed by atoms with Crippen LogP contribution in [0.1, 0.15) is 17.5 Å². The number of carbonyl (C=O) groups is 2. The van der Waals surface area contributed by atoms with Gasteiger partial charge in [-0.15, -0.1) is 0 Å². The van der Waals surface area contributed by atoms with Gasteiger partial charge in [0.1, 0.15) is 5.60 Å². The van der Waals surface area contributed by atoms with Crippen LogP contribution in [0.4, 0.5) is 5.69 Å². The number of benzene rings is 2. The Hall–Kier alpha value is -3.70. The Labute approximate surface area is 163 Å². The van der Waals surface area contributed by atoms with Gasteiger partial charge >= 0.3 is 5.91 Å². The number of carbonyl (C=O) groups excluding carboxylic acids is 2. The van der Waals surface area contributed by atoms with Gasteiger partial charge in [-0.05, 0) is 17.7 Å². The summed E-state index contributed by atoms with van der Waals surface area (Å²) >= 11 is 0. The van der Waals surface area contributed by atoms with E-state index in [1.165, 1.54) is 24.3 Å². The summed E-state index contributed by atoms with van der Waals surface area (Å²) < 4.78 is 0. The Morgan fingerprint density at radius 2 is 1.66 bits per heavy atom. The first-order chi connectivity index (χ1) is 13.5. The first-order valence-electron chi connectivity index (χ1n) is 8.16. The number of nitro benzene ring substituents is 1.